The lowest BCUT2D eigenvalue weighted by Crippen LogP contribution is -3.00. The maximum atomic E-state index is 12.7. The molecule has 1 amide bonds. The highest BCUT2D eigenvalue weighted by molar-refractivity contribution is 5.76. The van der Waals surface area contributed by atoms with E-state index in [0.717, 1.165) is 4.57 Å². The second kappa shape index (κ2) is 7.62. The van der Waals surface area contributed by atoms with Gasteiger partial charge in [0.1, 0.15) is 12.4 Å². The van der Waals surface area contributed by atoms with Gasteiger partial charge in [0, 0.05) is 6.54 Å². The number of amides is 1. The lowest BCUT2D eigenvalue weighted by atomic mass is 10.0. The van der Waals surface area contributed by atoms with Crippen LogP contribution in [-0.2, 0) is 25.9 Å². The van der Waals surface area contributed by atoms with Crippen LogP contribution in [0, 0.1) is 0 Å². The van der Waals surface area contributed by atoms with Crippen LogP contribution in [0.1, 0.15) is 16.7 Å². The number of alkyl halides is 6. The summed E-state index contributed by atoms with van der Waals surface area (Å²) in [4.78, 5) is 11.8. The lowest BCUT2D eigenvalue weighted by Gasteiger charge is -2.14. The van der Waals surface area contributed by atoms with Gasteiger partial charge in [-0.1, -0.05) is 0 Å². The zero-order chi connectivity index (χ0) is 18.1. The Hall–Kier alpha value is -1.79. The molecule has 25 heavy (non-hydrogen) atoms. The first-order valence-electron chi connectivity index (χ1n) is 6.56. The summed E-state index contributed by atoms with van der Waals surface area (Å²) in [5, 5.41) is 2.26. The summed E-state index contributed by atoms with van der Waals surface area (Å²) in [6.07, 6.45) is -5.51. The number of imidazole rings is 1. The van der Waals surface area contributed by atoms with Crippen molar-refractivity contribution in [3.8, 4) is 0 Å². The van der Waals surface area contributed by atoms with Crippen molar-refractivity contribution in [1.29, 1.82) is 0 Å². The number of halogens is 7. The van der Waals surface area contributed by atoms with E-state index in [4.69, 9.17) is 0 Å². The van der Waals surface area contributed by atoms with Crippen molar-refractivity contribution in [1.82, 2.24) is 9.88 Å². The van der Waals surface area contributed by atoms with Crippen LogP contribution in [-0.4, -0.2) is 10.6 Å². The van der Waals surface area contributed by atoms with Crippen LogP contribution < -0.4 is 33.9 Å². The van der Waals surface area contributed by atoms with E-state index in [0.29, 0.717) is 12.1 Å². The van der Waals surface area contributed by atoms with Crippen molar-refractivity contribution in [2.24, 2.45) is 7.05 Å². The summed E-state index contributed by atoms with van der Waals surface area (Å²) >= 11 is 0. The molecule has 138 valence electrons. The number of nitrogens with zero attached hydrogens (tertiary/aromatic N) is 2. The topological polar surface area (TPSA) is 37.9 Å². The van der Waals surface area contributed by atoms with Crippen molar-refractivity contribution in [2.45, 2.75) is 18.9 Å². The Labute approximate surface area is 155 Å². The van der Waals surface area contributed by atoms with E-state index in [-0.39, 0.29) is 35.6 Å². The van der Waals surface area contributed by atoms with Crippen LogP contribution in [0.15, 0.2) is 36.9 Å². The van der Waals surface area contributed by atoms with Gasteiger partial charge < -0.3 is 29.3 Å². The zero-order valence-corrected chi connectivity index (χ0v) is 14.8. The molecular formula is C14H12F6IN3O. The van der Waals surface area contributed by atoms with E-state index in [1.54, 1.807) is 17.8 Å². The smallest absolute Gasteiger partial charge is 0.416 e. The highest BCUT2D eigenvalue weighted by atomic mass is 127. The molecule has 0 radical (unpaired) electrons. The number of aryl methyl sites for hydroxylation is 1. The van der Waals surface area contributed by atoms with Gasteiger partial charge in [-0.3, -0.25) is 0 Å². The second-order valence-electron chi connectivity index (χ2n) is 5.06. The first-order valence-corrected chi connectivity index (χ1v) is 6.56. The molecule has 2 aromatic rings. The molecule has 0 spiro atoms. The highest BCUT2D eigenvalue weighted by Crippen LogP contribution is 2.36. The lowest BCUT2D eigenvalue weighted by molar-refractivity contribution is -0.670. The summed E-state index contributed by atoms with van der Waals surface area (Å²) in [6, 6.07) is 0.509. The third-order valence-corrected chi connectivity index (χ3v) is 3.09. The van der Waals surface area contributed by atoms with Gasteiger partial charge in [0.25, 0.3) is 6.33 Å². The van der Waals surface area contributed by atoms with Crippen LogP contribution in [0.25, 0.3) is 0 Å². The third kappa shape index (κ3) is 5.61. The number of carbonyl (C=O) groups excluding carboxylic acids is 1. The Bertz CT molecular complexity index is 722. The minimum Gasteiger partial charge on any atom is -1.00 e. The molecular weight excluding hydrogens is 467 g/mol. The van der Waals surface area contributed by atoms with Crippen LogP contribution in [0.4, 0.5) is 31.1 Å². The predicted octanol–water partition coefficient (Wildman–Crippen LogP) is 0.112. The molecule has 0 saturated heterocycles. The molecule has 0 fully saturated rings. The van der Waals surface area contributed by atoms with Gasteiger partial charge in [-0.25, -0.2) is 9.36 Å². The molecule has 2 rings (SSSR count). The van der Waals surface area contributed by atoms with Crippen LogP contribution in [0.5, 0.6) is 0 Å². The molecule has 11 heteroatoms. The quantitative estimate of drug-likeness (QED) is 0.371. The Morgan fingerprint density at radius 3 is 2.00 bits per heavy atom. The molecule has 0 aliphatic rings. The molecule has 0 aliphatic carbocycles. The van der Waals surface area contributed by atoms with Crippen molar-refractivity contribution in [3.63, 3.8) is 0 Å². The van der Waals surface area contributed by atoms with E-state index in [2.05, 4.69) is 5.32 Å². The predicted molar refractivity (Wildman–Crippen MR) is 69.7 cm³/mol. The summed E-state index contributed by atoms with van der Waals surface area (Å²) in [5.41, 5.74) is -3.15. The van der Waals surface area contributed by atoms with Gasteiger partial charge in [-0.05, 0) is 23.8 Å². The van der Waals surface area contributed by atoms with Gasteiger partial charge in [-0.15, -0.1) is 0 Å². The number of nitrogens with one attached hydrogen (secondary N) is 1. The Balaban J connectivity index is 0.00000312. The standard InChI is InChI=1S/C14H11F6N3O.HI/c1-22-2-3-23(8-22)12(24)21-7-9-4-10(13(15,16)17)6-11(5-9)14(18,19)20;/h2-6,8H,7H2,1H3;1H. The molecule has 1 N–H and O–H groups in total. The first kappa shape index (κ1) is 21.3. The molecule has 0 atom stereocenters. The Morgan fingerprint density at radius 2 is 1.60 bits per heavy atom. The summed E-state index contributed by atoms with van der Waals surface area (Å²) in [7, 11) is 1.65. The minimum atomic E-state index is -4.92. The normalized spacial score (nSPS) is 11.8. The third-order valence-electron chi connectivity index (χ3n) is 3.09. The van der Waals surface area contributed by atoms with Crippen molar-refractivity contribution < 1.29 is 59.7 Å². The Kier molecular flexibility index (Phi) is 6.48. The van der Waals surface area contributed by atoms with Crippen molar-refractivity contribution in [3.05, 3.63) is 53.6 Å². The minimum absolute atomic E-state index is 0. The molecule has 4 nitrogen and oxygen atoms in total. The molecule has 1 aromatic heterocycles. The number of aromatic nitrogens is 2. The Morgan fingerprint density at radius 1 is 1.08 bits per heavy atom. The fraction of sp³-hybridized carbons (Fsp3) is 0.286. The number of benzene rings is 1. The van der Waals surface area contributed by atoms with Crippen LogP contribution in [0.2, 0.25) is 0 Å². The molecule has 0 unspecified atom stereocenters. The fourth-order valence-corrected chi connectivity index (χ4v) is 1.96. The zero-order valence-electron chi connectivity index (χ0n) is 12.6. The SMILES string of the molecule is C[n+]1ccn(C(=O)NCc2cc(C(F)(F)F)cc(C(F)(F)F)c2)c1.[I-]. The number of carbonyl (C=O) groups is 1. The fourth-order valence-electron chi connectivity index (χ4n) is 1.96. The molecule has 1 aromatic carbocycles. The van der Waals surface area contributed by atoms with Gasteiger partial charge in [0.05, 0.1) is 18.2 Å². The molecule has 0 bridgehead atoms. The van der Waals surface area contributed by atoms with E-state index in [9.17, 15) is 31.1 Å². The number of hydrogen-bond donors (Lipinski definition) is 1. The van der Waals surface area contributed by atoms with Gasteiger partial charge >= 0.3 is 18.4 Å². The van der Waals surface area contributed by atoms with Gasteiger partial charge in [-0.2, -0.15) is 30.9 Å². The van der Waals surface area contributed by atoms with E-state index < -0.39 is 36.1 Å². The van der Waals surface area contributed by atoms with E-state index >= 15 is 0 Å². The van der Waals surface area contributed by atoms with Gasteiger partial charge in [0.2, 0.25) is 0 Å². The average Bonchev–Trinajstić information content (AvgIpc) is 2.89. The van der Waals surface area contributed by atoms with E-state index in [1.807, 2.05) is 0 Å². The summed E-state index contributed by atoms with van der Waals surface area (Å²) < 4.78 is 79.1. The summed E-state index contributed by atoms with van der Waals surface area (Å²) in [6.45, 7) is -0.478. The molecule has 0 aliphatic heterocycles. The number of rotatable bonds is 2. The monoisotopic (exact) mass is 479 g/mol. The van der Waals surface area contributed by atoms with Crippen molar-refractivity contribution >= 4 is 6.03 Å². The largest absolute Gasteiger partial charge is 1.00 e. The molecule has 1 heterocycles. The van der Waals surface area contributed by atoms with Crippen LogP contribution >= 0.6 is 0 Å². The van der Waals surface area contributed by atoms with Gasteiger partial charge in [0.15, 0.2) is 0 Å². The van der Waals surface area contributed by atoms with E-state index in [1.165, 1.54) is 12.5 Å². The van der Waals surface area contributed by atoms with Crippen molar-refractivity contribution in [2.75, 3.05) is 0 Å². The second-order valence-corrected chi connectivity index (χ2v) is 5.06. The highest BCUT2D eigenvalue weighted by Gasteiger charge is 2.36. The molecule has 0 saturated carbocycles. The average molecular weight is 479 g/mol. The first-order chi connectivity index (χ1) is 11.0. The van der Waals surface area contributed by atoms with Crippen LogP contribution in [0.3, 0.4) is 0 Å². The number of hydrogen-bond acceptors (Lipinski definition) is 1. The summed E-state index contributed by atoms with van der Waals surface area (Å²) in [5.74, 6) is 0. The maximum Gasteiger partial charge on any atom is 0.416 e. The maximum absolute atomic E-state index is 12.7.